The molecule has 0 aliphatic rings. The SMILES string of the molecule is O=C(Cl)c1cc(Cl)nc(C(F)F)c1I. The first-order valence-corrected chi connectivity index (χ1v) is 5.11. The zero-order chi connectivity index (χ0) is 10.9. The van der Waals surface area contributed by atoms with Crippen molar-refractivity contribution in [1.82, 2.24) is 4.98 Å². The third kappa shape index (κ3) is 2.52. The molecule has 0 unspecified atom stereocenters. The van der Waals surface area contributed by atoms with Gasteiger partial charge in [0.2, 0.25) is 0 Å². The number of aromatic nitrogens is 1. The van der Waals surface area contributed by atoms with Crippen LogP contribution in [0.25, 0.3) is 0 Å². The molecule has 0 spiro atoms. The molecule has 2 nitrogen and oxygen atoms in total. The van der Waals surface area contributed by atoms with Gasteiger partial charge in [-0.1, -0.05) is 11.6 Å². The van der Waals surface area contributed by atoms with Crippen molar-refractivity contribution >= 4 is 51.0 Å². The van der Waals surface area contributed by atoms with E-state index >= 15 is 0 Å². The van der Waals surface area contributed by atoms with E-state index in [1.165, 1.54) is 0 Å². The molecule has 0 aromatic carbocycles. The third-order valence-electron chi connectivity index (χ3n) is 1.37. The first kappa shape index (κ1) is 12.1. The van der Waals surface area contributed by atoms with Crippen molar-refractivity contribution in [3.63, 3.8) is 0 Å². The lowest BCUT2D eigenvalue weighted by Crippen LogP contribution is -2.02. The fourth-order valence-corrected chi connectivity index (χ4v) is 2.07. The van der Waals surface area contributed by atoms with Crippen LogP contribution in [-0.2, 0) is 0 Å². The Labute approximate surface area is 102 Å². The van der Waals surface area contributed by atoms with Gasteiger partial charge in [-0.05, 0) is 40.3 Å². The van der Waals surface area contributed by atoms with Crippen LogP contribution in [0, 0.1) is 3.57 Å². The van der Waals surface area contributed by atoms with Gasteiger partial charge in [-0.25, -0.2) is 13.8 Å². The summed E-state index contributed by atoms with van der Waals surface area (Å²) in [6.07, 6.45) is -2.78. The molecular weight excluding hydrogens is 350 g/mol. The second kappa shape index (κ2) is 4.67. The Morgan fingerprint density at radius 3 is 2.57 bits per heavy atom. The van der Waals surface area contributed by atoms with Crippen LogP contribution in [0.15, 0.2) is 6.07 Å². The zero-order valence-electron chi connectivity index (χ0n) is 6.40. The molecule has 1 rings (SSSR count). The predicted molar refractivity (Wildman–Crippen MR) is 57.1 cm³/mol. The lowest BCUT2D eigenvalue weighted by atomic mass is 10.2. The molecule has 0 fully saturated rings. The molecule has 0 amide bonds. The number of alkyl halides is 2. The Balaban J connectivity index is 3.40. The van der Waals surface area contributed by atoms with E-state index < -0.39 is 17.4 Å². The van der Waals surface area contributed by atoms with Crippen molar-refractivity contribution in [3.05, 3.63) is 26.0 Å². The molecule has 0 saturated heterocycles. The summed E-state index contributed by atoms with van der Waals surface area (Å²) in [6.45, 7) is 0. The van der Waals surface area contributed by atoms with Crippen molar-refractivity contribution in [2.75, 3.05) is 0 Å². The number of rotatable bonds is 2. The molecule has 1 aromatic rings. The summed E-state index contributed by atoms with van der Waals surface area (Å²) in [4.78, 5) is 14.2. The third-order valence-corrected chi connectivity index (χ3v) is 2.90. The van der Waals surface area contributed by atoms with Crippen LogP contribution in [0.3, 0.4) is 0 Å². The van der Waals surface area contributed by atoms with Crippen LogP contribution < -0.4 is 0 Å². The van der Waals surface area contributed by atoms with Gasteiger partial charge in [-0.3, -0.25) is 4.79 Å². The van der Waals surface area contributed by atoms with Crippen molar-refractivity contribution in [3.8, 4) is 0 Å². The lowest BCUT2D eigenvalue weighted by Gasteiger charge is -2.05. The summed E-state index contributed by atoms with van der Waals surface area (Å²) < 4.78 is 24.8. The van der Waals surface area contributed by atoms with Crippen LogP contribution in [0.4, 0.5) is 8.78 Å². The highest BCUT2D eigenvalue weighted by molar-refractivity contribution is 14.1. The molecule has 0 aliphatic carbocycles. The fourth-order valence-electron chi connectivity index (χ4n) is 0.804. The molecule has 0 N–H and O–H groups in total. The zero-order valence-corrected chi connectivity index (χ0v) is 10.1. The summed E-state index contributed by atoms with van der Waals surface area (Å²) in [6, 6.07) is 1.16. The second-order valence-corrected chi connectivity index (χ2v) is 4.08. The molecule has 14 heavy (non-hydrogen) atoms. The van der Waals surface area contributed by atoms with Crippen LogP contribution in [0.2, 0.25) is 5.15 Å². The minimum Gasteiger partial charge on any atom is -0.276 e. The number of carbonyl (C=O) groups is 1. The number of pyridine rings is 1. The van der Waals surface area contributed by atoms with Gasteiger partial charge in [0.1, 0.15) is 10.8 Å². The van der Waals surface area contributed by atoms with E-state index in [0.717, 1.165) is 6.07 Å². The number of nitrogens with zero attached hydrogens (tertiary/aromatic N) is 1. The van der Waals surface area contributed by atoms with E-state index in [2.05, 4.69) is 4.98 Å². The van der Waals surface area contributed by atoms with Gasteiger partial charge in [0, 0.05) is 0 Å². The highest BCUT2D eigenvalue weighted by atomic mass is 127. The standard InChI is InChI=1S/C7H2Cl2F2INO/c8-3-1-2(6(9)14)4(12)5(13-3)7(10)11/h1,7H. The lowest BCUT2D eigenvalue weighted by molar-refractivity contribution is 0.107. The van der Waals surface area contributed by atoms with Crippen molar-refractivity contribution in [1.29, 1.82) is 0 Å². The second-order valence-electron chi connectivity index (χ2n) is 2.27. The Morgan fingerprint density at radius 2 is 2.14 bits per heavy atom. The van der Waals surface area contributed by atoms with Gasteiger partial charge in [0.15, 0.2) is 0 Å². The molecular formula is C7H2Cl2F2INO. The molecule has 0 saturated carbocycles. The van der Waals surface area contributed by atoms with Crippen molar-refractivity contribution < 1.29 is 13.6 Å². The van der Waals surface area contributed by atoms with E-state index in [4.69, 9.17) is 23.2 Å². The summed E-state index contributed by atoms with van der Waals surface area (Å²) in [5.41, 5.74) is -0.579. The van der Waals surface area contributed by atoms with Gasteiger partial charge in [-0.2, -0.15) is 0 Å². The van der Waals surface area contributed by atoms with E-state index in [1.807, 2.05) is 0 Å². The summed E-state index contributed by atoms with van der Waals surface area (Å²) in [5.74, 6) is 0. The van der Waals surface area contributed by atoms with E-state index in [1.54, 1.807) is 22.6 Å². The fraction of sp³-hybridized carbons (Fsp3) is 0.143. The topological polar surface area (TPSA) is 30.0 Å². The first-order valence-electron chi connectivity index (χ1n) is 3.27. The van der Waals surface area contributed by atoms with Crippen LogP contribution in [-0.4, -0.2) is 10.2 Å². The maximum Gasteiger partial charge on any atom is 0.281 e. The summed E-state index contributed by atoms with van der Waals surface area (Å²) in [7, 11) is 0. The largest absolute Gasteiger partial charge is 0.281 e. The van der Waals surface area contributed by atoms with Crippen molar-refractivity contribution in [2.24, 2.45) is 0 Å². The maximum absolute atomic E-state index is 12.4. The van der Waals surface area contributed by atoms with Crippen LogP contribution in [0.1, 0.15) is 22.5 Å². The smallest absolute Gasteiger partial charge is 0.276 e. The molecule has 0 aliphatic heterocycles. The number of halogens is 5. The molecule has 0 atom stereocenters. The quantitative estimate of drug-likeness (QED) is 0.462. The molecule has 7 heteroatoms. The highest BCUT2D eigenvalue weighted by Crippen LogP contribution is 2.28. The highest BCUT2D eigenvalue weighted by Gasteiger charge is 2.20. The van der Waals surface area contributed by atoms with Gasteiger partial charge < -0.3 is 0 Å². The number of hydrogen-bond acceptors (Lipinski definition) is 2. The van der Waals surface area contributed by atoms with Gasteiger partial charge in [0.25, 0.3) is 11.7 Å². The Bertz CT molecular complexity index is 386. The van der Waals surface area contributed by atoms with E-state index in [-0.39, 0.29) is 14.3 Å². The minimum atomic E-state index is -2.78. The minimum absolute atomic E-state index is 0.0296. The monoisotopic (exact) mass is 351 g/mol. The number of hydrogen-bond donors (Lipinski definition) is 0. The predicted octanol–water partition coefficient (Wildman–Crippen LogP) is 3.66. The van der Waals surface area contributed by atoms with Gasteiger partial charge in [0.05, 0.1) is 9.13 Å². The average molecular weight is 352 g/mol. The van der Waals surface area contributed by atoms with E-state index in [9.17, 15) is 13.6 Å². The number of carbonyl (C=O) groups excluding carboxylic acids is 1. The molecule has 1 aromatic heterocycles. The Hall–Kier alpha value is -0.0100. The Morgan fingerprint density at radius 1 is 1.57 bits per heavy atom. The Kier molecular flexibility index (Phi) is 4.03. The van der Waals surface area contributed by atoms with Gasteiger partial charge >= 0.3 is 0 Å². The van der Waals surface area contributed by atoms with Crippen molar-refractivity contribution in [2.45, 2.75) is 6.43 Å². The molecule has 0 bridgehead atoms. The van der Waals surface area contributed by atoms with E-state index in [0.29, 0.717) is 0 Å². The summed E-state index contributed by atoms with van der Waals surface area (Å²) >= 11 is 12.2. The molecule has 76 valence electrons. The maximum atomic E-state index is 12.4. The van der Waals surface area contributed by atoms with Gasteiger partial charge in [-0.15, -0.1) is 0 Å². The van der Waals surface area contributed by atoms with Crippen LogP contribution in [0.5, 0.6) is 0 Å². The normalized spacial score (nSPS) is 10.7. The summed E-state index contributed by atoms with van der Waals surface area (Å²) in [5, 5.41) is -1.01. The first-order chi connectivity index (χ1) is 6.43. The average Bonchev–Trinajstić information content (AvgIpc) is 2.07. The molecule has 0 radical (unpaired) electrons. The molecule has 1 heterocycles. The van der Waals surface area contributed by atoms with Crippen LogP contribution >= 0.6 is 45.8 Å².